The van der Waals surface area contributed by atoms with E-state index in [2.05, 4.69) is 27.7 Å². The van der Waals surface area contributed by atoms with Crippen LogP contribution in [0.4, 0.5) is 0 Å². The normalized spacial score (nSPS) is 19.9. The van der Waals surface area contributed by atoms with Crippen molar-refractivity contribution in [3.63, 3.8) is 0 Å². The summed E-state index contributed by atoms with van der Waals surface area (Å²) in [6.45, 7) is 3.50. The summed E-state index contributed by atoms with van der Waals surface area (Å²) in [5, 5.41) is 10.9. The van der Waals surface area contributed by atoms with Crippen molar-refractivity contribution in [3.8, 4) is 11.4 Å². The van der Waals surface area contributed by atoms with Crippen LogP contribution in [-0.4, -0.2) is 35.2 Å². The van der Waals surface area contributed by atoms with Crippen molar-refractivity contribution < 1.29 is 9.32 Å². The lowest BCUT2D eigenvalue weighted by Crippen LogP contribution is -2.42. The fraction of sp³-hybridized carbons (Fsp3) is 0.471. The molecule has 0 spiro atoms. The smallest absolute Gasteiger partial charge is 0.228 e. The Kier molecular flexibility index (Phi) is 7.23. The molecule has 2 atom stereocenters. The highest BCUT2D eigenvalue weighted by atomic mass is 35.5. The predicted molar refractivity (Wildman–Crippen MR) is 98.9 cm³/mol. The Morgan fingerprint density at radius 1 is 1.48 bits per heavy atom. The number of rotatable bonds is 5. The zero-order chi connectivity index (χ0) is 16.9. The minimum absolute atomic E-state index is 0. The largest absolute Gasteiger partial charge is 0.355 e. The first-order valence-electron chi connectivity index (χ1n) is 8.21. The molecular weight excluding hydrogens is 363 g/mol. The van der Waals surface area contributed by atoms with E-state index in [1.807, 2.05) is 12.1 Å². The fourth-order valence-electron chi connectivity index (χ4n) is 2.91. The standard InChI is InChI=1S/C17H21ClN4O2.ClH/c1-11-9-13(5-7-19-11)17(23)20-8-6-15-21-16(22-24-15)12-3-2-4-14(18)10-12;/h2-4,10-11,13,19H,5-9H2,1H3,(H,20,23);1H/t11-,13-;/m0./s1. The van der Waals surface area contributed by atoms with Crippen LogP contribution in [0, 0.1) is 5.92 Å². The van der Waals surface area contributed by atoms with E-state index in [1.165, 1.54) is 0 Å². The van der Waals surface area contributed by atoms with E-state index in [9.17, 15) is 4.79 Å². The van der Waals surface area contributed by atoms with Crippen molar-refractivity contribution >= 4 is 29.9 Å². The molecule has 1 amide bonds. The molecule has 0 radical (unpaired) electrons. The first-order chi connectivity index (χ1) is 11.6. The van der Waals surface area contributed by atoms with Crippen molar-refractivity contribution in [1.82, 2.24) is 20.8 Å². The van der Waals surface area contributed by atoms with Crippen LogP contribution < -0.4 is 10.6 Å². The van der Waals surface area contributed by atoms with Crippen LogP contribution in [0.2, 0.25) is 5.02 Å². The first kappa shape index (κ1) is 19.7. The summed E-state index contributed by atoms with van der Waals surface area (Å²) < 4.78 is 5.24. The van der Waals surface area contributed by atoms with E-state index in [1.54, 1.807) is 12.1 Å². The van der Waals surface area contributed by atoms with E-state index in [0.717, 1.165) is 24.9 Å². The highest BCUT2D eigenvalue weighted by molar-refractivity contribution is 6.30. The van der Waals surface area contributed by atoms with Gasteiger partial charge in [-0.05, 0) is 38.4 Å². The molecule has 0 unspecified atom stereocenters. The van der Waals surface area contributed by atoms with Crippen molar-refractivity contribution in [2.75, 3.05) is 13.1 Å². The molecule has 0 saturated carbocycles. The van der Waals surface area contributed by atoms with Gasteiger partial charge in [-0.3, -0.25) is 4.79 Å². The monoisotopic (exact) mass is 384 g/mol. The van der Waals surface area contributed by atoms with Gasteiger partial charge in [0.05, 0.1) is 0 Å². The summed E-state index contributed by atoms with van der Waals surface area (Å²) in [5.41, 5.74) is 0.810. The highest BCUT2D eigenvalue weighted by Gasteiger charge is 2.24. The Hall–Kier alpha value is -1.63. The maximum absolute atomic E-state index is 12.2. The van der Waals surface area contributed by atoms with Crippen LogP contribution in [0.25, 0.3) is 11.4 Å². The molecule has 1 aromatic carbocycles. The van der Waals surface area contributed by atoms with E-state index < -0.39 is 0 Å². The van der Waals surface area contributed by atoms with Crippen molar-refractivity contribution in [1.29, 1.82) is 0 Å². The lowest BCUT2D eigenvalue weighted by molar-refractivity contribution is -0.126. The number of aromatic nitrogens is 2. The minimum Gasteiger partial charge on any atom is -0.355 e. The molecule has 1 fully saturated rings. The summed E-state index contributed by atoms with van der Waals surface area (Å²) in [5.74, 6) is 1.21. The molecule has 1 aliphatic heterocycles. The molecule has 1 aromatic heterocycles. The first-order valence-corrected chi connectivity index (χ1v) is 8.59. The zero-order valence-electron chi connectivity index (χ0n) is 14.0. The van der Waals surface area contributed by atoms with Gasteiger partial charge in [-0.25, -0.2) is 0 Å². The molecule has 136 valence electrons. The molecule has 2 N–H and O–H groups in total. The number of amides is 1. The SMILES string of the molecule is C[C@H]1C[C@@H](C(=O)NCCc2nc(-c3cccc(Cl)c3)no2)CCN1.Cl. The summed E-state index contributed by atoms with van der Waals surface area (Å²) >= 11 is 5.97. The minimum atomic E-state index is 0. The Morgan fingerprint density at radius 3 is 3.08 bits per heavy atom. The third-order valence-corrected chi connectivity index (χ3v) is 4.42. The second-order valence-electron chi connectivity index (χ2n) is 6.14. The average molecular weight is 385 g/mol. The fourth-order valence-corrected chi connectivity index (χ4v) is 3.10. The van der Waals surface area contributed by atoms with Crippen LogP contribution in [0.15, 0.2) is 28.8 Å². The van der Waals surface area contributed by atoms with Gasteiger partial charge in [0.2, 0.25) is 17.6 Å². The summed E-state index contributed by atoms with van der Waals surface area (Å²) in [7, 11) is 0. The maximum Gasteiger partial charge on any atom is 0.228 e. The zero-order valence-corrected chi connectivity index (χ0v) is 15.6. The summed E-state index contributed by atoms with van der Waals surface area (Å²) in [6, 6.07) is 7.69. The molecule has 2 aromatic rings. The lowest BCUT2D eigenvalue weighted by Gasteiger charge is -2.27. The number of hydrogen-bond donors (Lipinski definition) is 2. The summed E-state index contributed by atoms with van der Waals surface area (Å²) in [6.07, 6.45) is 2.28. The maximum atomic E-state index is 12.2. The van der Waals surface area contributed by atoms with E-state index in [0.29, 0.717) is 35.7 Å². The Labute approximate surface area is 158 Å². The molecule has 3 rings (SSSR count). The van der Waals surface area contributed by atoms with Crippen molar-refractivity contribution in [2.45, 2.75) is 32.2 Å². The van der Waals surface area contributed by atoms with Crippen LogP contribution in [0.1, 0.15) is 25.7 Å². The van der Waals surface area contributed by atoms with Crippen LogP contribution in [0.3, 0.4) is 0 Å². The molecule has 8 heteroatoms. The number of halogens is 2. The number of carbonyl (C=O) groups excluding carboxylic acids is 1. The van der Waals surface area contributed by atoms with Gasteiger partial charge < -0.3 is 15.2 Å². The number of nitrogens with zero attached hydrogens (tertiary/aromatic N) is 2. The molecule has 1 aliphatic rings. The van der Waals surface area contributed by atoms with E-state index in [4.69, 9.17) is 16.1 Å². The predicted octanol–water partition coefficient (Wildman–Crippen LogP) is 2.86. The van der Waals surface area contributed by atoms with Gasteiger partial charge in [0.15, 0.2) is 0 Å². The topological polar surface area (TPSA) is 80.1 Å². The number of benzene rings is 1. The second-order valence-corrected chi connectivity index (χ2v) is 6.58. The van der Waals surface area contributed by atoms with Gasteiger partial charge in [-0.1, -0.05) is 28.9 Å². The molecule has 0 aliphatic carbocycles. The quantitative estimate of drug-likeness (QED) is 0.828. The van der Waals surface area contributed by atoms with Crippen LogP contribution >= 0.6 is 24.0 Å². The molecular formula is C17H22Cl2N4O2. The Bertz CT molecular complexity index is 707. The number of nitrogens with one attached hydrogen (secondary N) is 2. The molecule has 25 heavy (non-hydrogen) atoms. The van der Waals surface area contributed by atoms with Crippen molar-refractivity contribution in [2.24, 2.45) is 5.92 Å². The summed E-state index contributed by atoms with van der Waals surface area (Å²) in [4.78, 5) is 16.5. The molecule has 0 bridgehead atoms. The van der Waals surface area contributed by atoms with Gasteiger partial charge in [0, 0.05) is 35.5 Å². The van der Waals surface area contributed by atoms with Gasteiger partial charge in [0.25, 0.3) is 0 Å². The Morgan fingerprint density at radius 2 is 2.32 bits per heavy atom. The highest BCUT2D eigenvalue weighted by Crippen LogP contribution is 2.20. The second kappa shape index (κ2) is 9.17. The number of piperidine rings is 1. The Balaban J connectivity index is 0.00000225. The van der Waals surface area contributed by atoms with E-state index >= 15 is 0 Å². The van der Waals surface area contributed by atoms with Crippen LogP contribution in [0.5, 0.6) is 0 Å². The third kappa shape index (κ3) is 5.42. The van der Waals surface area contributed by atoms with Crippen LogP contribution in [-0.2, 0) is 11.2 Å². The molecule has 6 nitrogen and oxygen atoms in total. The van der Waals surface area contributed by atoms with Gasteiger partial charge in [-0.15, -0.1) is 12.4 Å². The van der Waals surface area contributed by atoms with Gasteiger partial charge >= 0.3 is 0 Å². The number of carbonyl (C=O) groups is 1. The average Bonchev–Trinajstić information content (AvgIpc) is 3.04. The molecule has 2 heterocycles. The van der Waals surface area contributed by atoms with E-state index in [-0.39, 0.29) is 24.2 Å². The van der Waals surface area contributed by atoms with Crippen molar-refractivity contribution in [3.05, 3.63) is 35.2 Å². The number of hydrogen-bond acceptors (Lipinski definition) is 5. The lowest BCUT2D eigenvalue weighted by atomic mass is 9.92. The molecule has 1 saturated heterocycles. The van der Waals surface area contributed by atoms with Gasteiger partial charge in [-0.2, -0.15) is 4.98 Å². The third-order valence-electron chi connectivity index (χ3n) is 4.18. The van der Waals surface area contributed by atoms with Gasteiger partial charge in [0.1, 0.15) is 0 Å².